The van der Waals surface area contributed by atoms with Gasteiger partial charge in [-0.1, -0.05) is 13.0 Å². The normalized spacial score (nSPS) is 41.8. The average molecular weight is 511 g/mol. The third-order valence-corrected chi connectivity index (χ3v) is 11.4. The number of benzene rings is 1. The Morgan fingerprint density at radius 3 is 2.65 bits per heavy atom. The molecule has 1 heterocycles. The average Bonchev–Trinajstić information content (AvgIpc) is 3.39. The van der Waals surface area contributed by atoms with E-state index in [2.05, 4.69) is 11.9 Å². The van der Waals surface area contributed by atoms with Crippen molar-refractivity contribution in [3.63, 3.8) is 0 Å². The number of nitrogens with zero attached hydrogens (tertiary/aromatic N) is 2. The molecule has 6 heteroatoms. The Bertz CT molecular complexity index is 1210. The molecule has 1 aromatic heterocycles. The summed E-state index contributed by atoms with van der Waals surface area (Å²) in [5.74, 6) is 1.10. The van der Waals surface area contributed by atoms with Crippen LogP contribution in [0.15, 0.2) is 24.5 Å². The second-order valence-corrected chi connectivity index (χ2v) is 14.1. The summed E-state index contributed by atoms with van der Waals surface area (Å²) in [6.45, 7) is 8.02. The van der Waals surface area contributed by atoms with Crippen LogP contribution in [0.1, 0.15) is 91.0 Å². The van der Waals surface area contributed by atoms with E-state index in [1.54, 1.807) is 20.2 Å². The minimum absolute atomic E-state index is 0.00641. The van der Waals surface area contributed by atoms with Gasteiger partial charge in [0.15, 0.2) is 5.78 Å². The number of hydrogen-bond donors (Lipinski definition) is 2. The van der Waals surface area contributed by atoms with E-state index in [4.69, 9.17) is 0 Å². The molecule has 37 heavy (non-hydrogen) atoms. The quantitative estimate of drug-likeness (QED) is 0.533. The molecule has 0 radical (unpaired) electrons. The van der Waals surface area contributed by atoms with Crippen LogP contribution in [0, 0.1) is 35.0 Å². The molecular formula is C31H43FN2O3. The fourth-order valence-corrected chi connectivity index (χ4v) is 9.35. The number of carbonyl (C=O) groups excluding carboxylic acids is 1. The Morgan fingerprint density at radius 2 is 1.89 bits per heavy atom. The van der Waals surface area contributed by atoms with Crippen molar-refractivity contribution < 1.29 is 19.4 Å². The maximum atomic E-state index is 16.6. The molecule has 8 atom stereocenters. The number of ketones is 1. The third-order valence-electron chi connectivity index (χ3n) is 11.4. The summed E-state index contributed by atoms with van der Waals surface area (Å²) in [6.07, 6.45) is 8.99. The zero-order valence-electron chi connectivity index (χ0n) is 22.8. The summed E-state index contributed by atoms with van der Waals surface area (Å²) >= 11 is 0. The SMILES string of the molecule is CC(C)(O)c1ccc2c(c1)ncn2CC(=O)[C@H]1CCC2[C@@H]3CC[C@@H]4C[C@](C)(O)CC[C@]4(F)C3CC[C@@]21C. The van der Waals surface area contributed by atoms with Crippen LogP contribution in [0.2, 0.25) is 0 Å². The number of Topliss-reactive ketones (excluding diaryl/α,β-unsaturated/α-hetero) is 1. The van der Waals surface area contributed by atoms with Gasteiger partial charge in [-0.3, -0.25) is 4.79 Å². The Balaban J connectivity index is 1.20. The van der Waals surface area contributed by atoms with Gasteiger partial charge in [-0.05, 0) is 125 Å². The first-order valence-corrected chi connectivity index (χ1v) is 14.4. The molecule has 0 bridgehead atoms. The van der Waals surface area contributed by atoms with E-state index < -0.39 is 16.9 Å². The number of hydrogen-bond acceptors (Lipinski definition) is 4. The second kappa shape index (κ2) is 8.35. The summed E-state index contributed by atoms with van der Waals surface area (Å²) in [5.41, 5.74) is -0.364. The largest absolute Gasteiger partial charge is 0.390 e. The predicted molar refractivity (Wildman–Crippen MR) is 142 cm³/mol. The van der Waals surface area contributed by atoms with E-state index in [9.17, 15) is 15.0 Å². The lowest BCUT2D eigenvalue weighted by atomic mass is 9.48. The molecule has 202 valence electrons. The van der Waals surface area contributed by atoms with E-state index in [1.807, 2.05) is 29.7 Å². The molecule has 2 aromatic rings. The van der Waals surface area contributed by atoms with Crippen LogP contribution >= 0.6 is 0 Å². The molecule has 1 aromatic carbocycles. The summed E-state index contributed by atoms with van der Waals surface area (Å²) in [4.78, 5) is 18.3. The van der Waals surface area contributed by atoms with Crippen molar-refractivity contribution in [1.82, 2.24) is 9.55 Å². The molecule has 6 rings (SSSR count). The number of halogens is 1. The van der Waals surface area contributed by atoms with Gasteiger partial charge < -0.3 is 14.8 Å². The first-order chi connectivity index (χ1) is 17.3. The number of carbonyl (C=O) groups is 1. The van der Waals surface area contributed by atoms with Crippen LogP contribution in [0.25, 0.3) is 11.0 Å². The monoisotopic (exact) mass is 510 g/mol. The van der Waals surface area contributed by atoms with Crippen molar-refractivity contribution in [2.75, 3.05) is 0 Å². The van der Waals surface area contributed by atoms with Gasteiger partial charge in [0.25, 0.3) is 0 Å². The topological polar surface area (TPSA) is 75.4 Å². The zero-order chi connectivity index (χ0) is 26.4. The first-order valence-electron chi connectivity index (χ1n) is 14.4. The lowest BCUT2D eigenvalue weighted by molar-refractivity contribution is -0.165. The Labute approximate surface area is 219 Å². The number of aromatic nitrogens is 2. The van der Waals surface area contributed by atoms with Gasteiger partial charge in [0.2, 0.25) is 0 Å². The molecular weight excluding hydrogens is 467 g/mol. The van der Waals surface area contributed by atoms with E-state index in [0.717, 1.165) is 55.1 Å². The van der Waals surface area contributed by atoms with E-state index in [1.165, 1.54) is 0 Å². The maximum absolute atomic E-state index is 16.6. The predicted octanol–water partition coefficient (Wildman–Crippen LogP) is 5.94. The van der Waals surface area contributed by atoms with Crippen LogP contribution in [0.3, 0.4) is 0 Å². The molecule has 0 aliphatic heterocycles. The highest BCUT2D eigenvalue weighted by Gasteiger charge is 2.63. The number of alkyl halides is 1. The third kappa shape index (κ3) is 4.00. The molecule has 2 N–H and O–H groups in total. The number of imidazole rings is 1. The van der Waals surface area contributed by atoms with Crippen LogP contribution in [-0.2, 0) is 16.9 Å². The molecule has 2 unspecified atom stereocenters. The minimum atomic E-state index is -1.15. The molecule has 4 aliphatic rings. The zero-order valence-corrected chi connectivity index (χ0v) is 22.8. The van der Waals surface area contributed by atoms with Gasteiger partial charge in [-0.25, -0.2) is 9.37 Å². The van der Waals surface area contributed by atoms with E-state index in [0.29, 0.717) is 37.6 Å². The summed E-state index contributed by atoms with van der Waals surface area (Å²) in [5, 5.41) is 21.0. The van der Waals surface area contributed by atoms with Gasteiger partial charge in [-0.2, -0.15) is 0 Å². The van der Waals surface area contributed by atoms with Gasteiger partial charge in [0, 0.05) is 5.92 Å². The number of rotatable bonds is 4. The molecule has 0 saturated heterocycles. The van der Waals surface area contributed by atoms with Gasteiger partial charge in [0.1, 0.15) is 5.67 Å². The van der Waals surface area contributed by atoms with Crippen molar-refractivity contribution in [2.24, 2.45) is 35.0 Å². The van der Waals surface area contributed by atoms with Crippen molar-refractivity contribution >= 4 is 16.8 Å². The highest BCUT2D eigenvalue weighted by Crippen LogP contribution is 2.66. The van der Waals surface area contributed by atoms with E-state index in [-0.39, 0.29) is 29.0 Å². The van der Waals surface area contributed by atoms with Gasteiger partial charge >= 0.3 is 0 Å². The van der Waals surface area contributed by atoms with Crippen molar-refractivity contribution in [3.8, 4) is 0 Å². The van der Waals surface area contributed by atoms with Crippen LogP contribution in [0.5, 0.6) is 0 Å². The van der Waals surface area contributed by atoms with Gasteiger partial charge in [0.05, 0.1) is 35.1 Å². The highest BCUT2D eigenvalue weighted by atomic mass is 19.1. The molecule has 0 amide bonds. The first kappa shape index (κ1) is 25.5. The maximum Gasteiger partial charge on any atom is 0.156 e. The molecule has 4 aliphatic carbocycles. The summed E-state index contributed by atoms with van der Waals surface area (Å²) in [6, 6.07) is 5.76. The lowest BCUT2D eigenvalue weighted by Crippen LogP contribution is -2.58. The van der Waals surface area contributed by atoms with Crippen molar-refractivity contribution in [1.29, 1.82) is 0 Å². The number of fused-ring (bicyclic) bond motifs is 6. The fraction of sp³-hybridized carbons (Fsp3) is 0.742. The van der Waals surface area contributed by atoms with Gasteiger partial charge in [-0.15, -0.1) is 0 Å². The van der Waals surface area contributed by atoms with E-state index >= 15 is 4.39 Å². The Morgan fingerprint density at radius 1 is 1.11 bits per heavy atom. The van der Waals surface area contributed by atoms with Crippen LogP contribution in [0.4, 0.5) is 4.39 Å². The lowest BCUT2D eigenvalue weighted by Gasteiger charge is -2.59. The smallest absolute Gasteiger partial charge is 0.156 e. The second-order valence-electron chi connectivity index (χ2n) is 14.1. The van der Waals surface area contributed by atoms with Crippen LogP contribution in [-0.4, -0.2) is 36.8 Å². The highest BCUT2D eigenvalue weighted by molar-refractivity contribution is 5.84. The standard InChI is InChI=1S/C31H43FN2O3/c1-28(2,36)19-6-10-26-25(15-19)33-18-34(26)17-27(35)24-9-8-22-21-7-5-20-16-29(3,37)13-14-31(20,32)23(21)11-12-30(22,24)4/h6,10,15,18,20-24,36-37H,5,7-9,11-14,16-17H2,1-4H3/t20-,21+,22?,23?,24-,29-,30+,31-/m1/s1. The number of aliphatic hydroxyl groups is 2. The minimum Gasteiger partial charge on any atom is -0.390 e. The fourth-order valence-electron chi connectivity index (χ4n) is 9.35. The molecule has 5 nitrogen and oxygen atoms in total. The summed E-state index contributed by atoms with van der Waals surface area (Å²) < 4.78 is 18.6. The molecule has 4 saturated carbocycles. The van der Waals surface area contributed by atoms with Crippen molar-refractivity contribution in [3.05, 3.63) is 30.1 Å². The van der Waals surface area contributed by atoms with Crippen LogP contribution < -0.4 is 0 Å². The van der Waals surface area contributed by atoms with Crippen molar-refractivity contribution in [2.45, 2.75) is 109 Å². The summed E-state index contributed by atoms with van der Waals surface area (Å²) in [7, 11) is 0. The Kier molecular flexibility index (Phi) is 5.75. The molecule has 0 spiro atoms. The molecule has 4 fully saturated rings. The Hall–Kier alpha value is -1.79.